The topological polar surface area (TPSA) is 69.1 Å². The van der Waals surface area contributed by atoms with E-state index >= 15 is 0 Å². The van der Waals surface area contributed by atoms with Crippen LogP contribution in [0, 0.1) is 0 Å². The fourth-order valence-electron chi connectivity index (χ4n) is 0. The molecule has 0 aromatic rings. The zero-order valence-corrected chi connectivity index (χ0v) is 5.55. The van der Waals surface area contributed by atoms with Crippen LogP contribution < -0.4 is 11.5 Å². The number of hydrogen-bond acceptors (Lipinski definition) is 1. The van der Waals surface area contributed by atoms with Gasteiger partial charge in [-0.3, -0.25) is 0 Å². The lowest BCUT2D eigenvalue weighted by Crippen LogP contribution is -2.18. The van der Waals surface area contributed by atoms with E-state index in [-0.39, 0.29) is 0 Å². The molecule has 0 radical (unpaired) electrons. The van der Waals surface area contributed by atoms with Gasteiger partial charge in [-0.2, -0.15) is 0 Å². The molecule has 0 aliphatic heterocycles. The zero-order chi connectivity index (χ0) is 7.86. The second kappa shape index (κ2) is 6.75. The minimum Gasteiger partial charge on any atom is -0.352 e. The van der Waals surface area contributed by atoms with Crippen molar-refractivity contribution in [2.24, 2.45) is 11.5 Å². The van der Waals surface area contributed by atoms with Crippen molar-refractivity contribution in [1.82, 2.24) is 0 Å². The molecular formula is C6H12N2O. The van der Waals surface area contributed by atoms with Crippen molar-refractivity contribution >= 4 is 6.03 Å². The van der Waals surface area contributed by atoms with Gasteiger partial charge in [-0.1, -0.05) is 24.8 Å². The first-order valence-electron chi connectivity index (χ1n) is 2.33. The van der Waals surface area contributed by atoms with Gasteiger partial charge in [0.25, 0.3) is 0 Å². The Hall–Kier alpha value is -1.25. The summed E-state index contributed by atoms with van der Waals surface area (Å²) in [5, 5.41) is 0. The van der Waals surface area contributed by atoms with E-state index in [0.29, 0.717) is 0 Å². The molecule has 9 heavy (non-hydrogen) atoms. The Morgan fingerprint density at radius 2 is 1.67 bits per heavy atom. The van der Waals surface area contributed by atoms with Crippen LogP contribution in [0.4, 0.5) is 4.79 Å². The highest BCUT2D eigenvalue weighted by molar-refractivity contribution is 5.69. The van der Waals surface area contributed by atoms with Gasteiger partial charge < -0.3 is 11.5 Å². The molecule has 0 aliphatic rings. The molecule has 0 aromatic heterocycles. The Morgan fingerprint density at radius 1 is 1.56 bits per heavy atom. The summed E-state index contributed by atoms with van der Waals surface area (Å²) in [6.45, 7) is 8.93. The molecule has 0 rings (SSSR count). The van der Waals surface area contributed by atoms with Crippen LogP contribution >= 0.6 is 0 Å². The van der Waals surface area contributed by atoms with Gasteiger partial charge in [-0.15, -0.1) is 0 Å². The number of urea groups is 1. The molecule has 0 heterocycles. The minimum atomic E-state index is -0.833. The van der Waals surface area contributed by atoms with E-state index in [0.717, 1.165) is 5.57 Å². The van der Waals surface area contributed by atoms with E-state index in [2.05, 4.69) is 24.6 Å². The van der Waals surface area contributed by atoms with Crippen molar-refractivity contribution in [2.45, 2.75) is 6.92 Å². The van der Waals surface area contributed by atoms with Gasteiger partial charge in [0.05, 0.1) is 0 Å². The van der Waals surface area contributed by atoms with Crippen LogP contribution in [0.1, 0.15) is 6.92 Å². The highest BCUT2D eigenvalue weighted by Crippen LogP contribution is 1.81. The Labute approximate surface area is 55.0 Å². The lowest BCUT2D eigenvalue weighted by Gasteiger charge is -1.71. The molecule has 0 bridgehead atoms. The zero-order valence-electron chi connectivity index (χ0n) is 5.55. The molecular weight excluding hydrogens is 116 g/mol. The summed E-state index contributed by atoms with van der Waals surface area (Å²) in [5.74, 6) is 0. The van der Waals surface area contributed by atoms with E-state index in [1.54, 1.807) is 6.08 Å². The maximum absolute atomic E-state index is 9.00. The third-order valence-electron chi connectivity index (χ3n) is 0.348. The fourth-order valence-corrected chi connectivity index (χ4v) is 0. The van der Waals surface area contributed by atoms with Crippen molar-refractivity contribution in [3.8, 4) is 0 Å². The van der Waals surface area contributed by atoms with Gasteiger partial charge >= 0.3 is 6.03 Å². The van der Waals surface area contributed by atoms with Gasteiger partial charge in [0.15, 0.2) is 0 Å². The van der Waals surface area contributed by atoms with Crippen LogP contribution in [-0.2, 0) is 0 Å². The Bertz CT molecular complexity index is 114. The number of carbonyl (C=O) groups is 1. The van der Waals surface area contributed by atoms with Gasteiger partial charge in [0.2, 0.25) is 0 Å². The Morgan fingerprint density at radius 3 is 1.67 bits per heavy atom. The van der Waals surface area contributed by atoms with E-state index in [9.17, 15) is 0 Å². The number of nitrogens with two attached hydrogens (primary N) is 2. The number of amides is 2. The molecule has 0 aromatic carbocycles. The predicted octanol–water partition coefficient (Wildman–Crippen LogP) is 0.772. The normalized spacial score (nSPS) is 6.33. The van der Waals surface area contributed by atoms with Gasteiger partial charge in [-0.25, -0.2) is 4.79 Å². The summed E-state index contributed by atoms with van der Waals surface area (Å²) in [6.07, 6.45) is 1.72. The standard InChI is InChI=1S/C5H8.CH4N2O/c1-4-5(2)3;2-1(3)4/h4H,1-2H2,3H3;(H4,2,3,4). The highest BCUT2D eigenvalue weighted by Gasteiger charge is 1.60. The van der Waals surface area contributed by atoms with Crippen LogP contribution in [0.5, 0.6) is 0 Å². The summed E-state index contributed by atoms with van der Waals surface area (Å²) in [5.41, 5.74) is 9.52. The second-order valence-corrected chi connectivity index (χ2v) is 1.45. The van der Waals surface area contributed by atoms with Crippen LogP contribution in [0.25, 0.3) is 0 Å². The smallest absolute Gasteiger partial charge is 0.309 e. The largest absolute Gasteiger partial charge is 0.352 e. The van der Waals surface area contributed by atoms with Gasteiger partial charge in [0.1, 0.15) is 0 Å². The summed E-state index contributed by atoms with van der Waals surface area (Å²) in [6, 6.07) is -0.833. The average molecular weight is 128 g/mol. The third kappa shape index (κ3) is 271. The molecule has 0 unspecified atom stereocenters. The molecule has 0 aliphatic carbocycles. The van der Waals surface area contributed by atoms with Crippen LogP contribution in [0.2, 0.25) is 0 Å². The van der Waals surface area contributed by atoms with Crippen LogP contribution in [0.15, 0.2) is 24.8 Å². The monoisotopic (exact) mass is 128 g/mol. The number of carbonyl (C=O) groups excluding carboxylic acids is 1. The minimum absolute atomic E-state index is 0.833. The molecule has 3 heteroatoms. The number of hydrogen-bond donors (Lipinski definition) is 2. The Kier molecular flexibility index (Phi) is 8.01. The summed E-state index contributed by atoms with van der Waals surface area (Å²) in [7, 11) is 0. The number of allylic oxidation sites excluding steroid dienone is 2. The molecule has 2 amide bonds. The number of primary amides is 2. The van der Waals surface area contributed by atoms with Crippen LogP contribution in [-0.4, -0.2) is 6.03 Å². The van der Waals surface area contributed by atoms with Crippen molar-refractivity contribution < 1.29 is 4.79 Å². The molecule has 0 fully saturated rings. The summed E-state index contributed by atoms with van der Waals surface area (Å²) in [4.78, 5) is 9.00. The van der Waals surface area contributed by atoms with E-state index in [1.807, 2.05) is 6.92 Å². The lowest BCUT2D eigenvalue weighted by atomic mass is 10.4. The first-order valence-corrected chi connectivity index (χ1v) is 2.33. The van der Waals surface area contributed by atoms with E-state index in [4.69, 9.17) is 4.79 Å². The lowest BCUT2D eigenvalue weighted by molar-refractivity contribution is 0.256. The molecule has 0 saturated heterocycles. The summed E-state index contributed by atoms with van der Waals surface area (Å²) >= 11 is 0. The van der Waals surface area contributed by atoms with Crippen molar-refractivity contribution in [1.29, 1.82) is 0 Å². The van der Waals surface area contributed by atoms with Crippen molar-refractivity contribution in [3.05, 3.63) is 24.8 Å². The maximum atomic E-state index is 9.00. The first-order chi connectivity index (χ1) is 4.00. The fraction of sp³-hybridized carbons (Fsp3) is 0.167. The third-order valence-corrected chi connectivity index (χ3v) is 0.348. The molecule has 0 atom stereocenters. The van der Waals surface area contributed by atoms with Crippen LogP contribution in [0.3, 0.4) is 0 Å². The summed E-state index contributed by atoms with van der Waals surface area (Å²) < 4.78 is 0. The predicted molar refractivity (Wildman–Crippen MR) is 38.8 cm³/mol. The molecule has 52 valence electrons. The second-order valence-electron chi connectivity index (χ2n) is 1.45. The quantitative estimate of drug-likeness (QED) is 0.503. The number of rotatable bonds is 1. The molecule has 3 nitrogen and oxygen atoms in total. The highest BCUT2D eigenvalue weighted by atomic mass is 16.2. The molecule has 4 N–H and O–H groups in total. The average Bonchev–Trinajstić information content (AvgIpc) is 1.65. The van der Waals surface area contributed by atoms with E-state index < -0.39 is 6.03 Å². The molecule has 0 spiro atoms. The SMILES string of the molecule is C=CC(=C)C.NC(N)=O. The van der Waals surface area contributed by atoms with E-state index in [1.165, 1.54) is 0 Å². The Balaban J connectivity index is 0. The van der Waals surface area contributed by atoms with Gasteiger partial charge in [-0.05, 0) is 6.92 Å². The van der Waals surface area contributed by atoms with Gasteiger partial charge in [0, 0.05) is 0 Å². The molecule has 0 saturated carbocycles. The first kappa shape index (κ1) is 10.7. The van der Waals surface area contributed by atoms with Crippen molar-refractivity contribution in [3.63, 3.8) is 0 Å². The maximum Gasteiger partial charge on any atom is 0.309 e. The van der Waals surface area contributed by atoms with Crippen molar-refractivity contribution in [2.75, 3.05) is 0 Å².